The molecule has 0 radical (unpaired) electrons. The molecule has 0 amide bonds. The molecule has 0 atom stereocenters. The predicted molar refractivity (Wildman–Crippen MR) is 129 cm³/mol. The molecule has 0 N–H and O–H groups in total. The van der Waals surface area contributed by atoms with E-state index < -0.39 is 0 Å². The summed E-state index contributed by atoms with van der Waals surface area (Å²) in [6, 6.07) is 19.8. The highest BCUT2D eigenvalue weighted by atomic mass is 35.5. The molecule has 2 aromatic carbocycles. The molecule has 166 valence electrons. The molecule has 5 nitrogen and oxygen atoms in total. The van der Waals surface area contributed by atoms with Gasteiger partial charge in [0.05, 0.1) is 5.69 Å². The molecule has 3 heterocycles. The van der Waals surface area contributed by atoms with E-state index in [1.54, 1.807) is 10.8 Å². The summed E-state index contributed by atoms with van der Waals surface area (Å²) in [6.07, 6.45) is 2.68. The van der Waals surface area contributed by atoms with Crippen molar-refractivity contribution in [2.45, 2.75) is 39.5 Å². The molecule has 0 bridgehead atoms. The van der Waals surface area contributed by atoms with Gasteiger partial charge >= 0.3 is 0 Å². The van der Waals surface area contributed by atoms with Gasteiger partial charge in [-0.15, -0.1) is 12.4 Å². The summed E-state index contributed by atoms with van der Waals surface area (Å²) in [6.45, 7) is 6.81. The van der Waals surface area contributed by atoms with Gasteiger partial charge in [0.25, 0.3) is 5.56 Å². The average Bonchev–Trinajstić information content (AvgIpc) is 3.15. The van der Waals surface area contributed by atoms with Gasteiger partial charge in [-0.1, -0.05) is 30.3 Å². The number of ether oxygens (including phenoxy) is 1. The van der Waals surface area contributed by atoms with Crippen LogP contribution in [-0.4, -0.2) is 22.1 Å². The smallest absolute Gasteiger partial charge is 0.258 e. The topological polar surface area (TPSA) is 47.6 Å². The Balaban J connectivity index is 0.00000245. The number of nitrogens with zero attached hydrogens (tertiary/aromatic N) is 2. The van der Waals surface area contributed by atoms with Crippen molar-refractivity contribution >= 4 is 23.4 Å². The maximum absolute atomic E-state index is 12.7. The highest BCUT2D eigenvalue weighted by molar-refractivity contribution is 5.85. The molecule has 1 aliphatic heterocycles. The first-order chi connectivity index (χ1) is 15.1. The Hall–Kier alpha value is -3.02. The van der Waals surface area contributed by atoms with Crippen LogP contribution in [0.15, 0.2) is 76.1 Å². The van der Waals surface area contributed by atoms with Crippen LogP contribution in [0.1, 0.15) is 30.7 Å². The number of fused-ring (bicyclic) bond motifs is 3. The lowest BCUT2D eigenvalue weighted by atomic mass is 10.0. The molecule has 6 heteroatoms. The van der Waals surface area contributed by atoms with Crippen molar-refractivity contribution in [3.8, 4) is 11.4 Å². The lowest BCUT2D eigenvalue weighted by Crippen LogP contribution is -2.35. The first kappa shape index (κ1) is 22.2. The molecular weight excluding hydrogens is 424 g/mol. The van der Waals surface area contributed by atoms with Gasteiger partial charge in [-0.2, -0.15) is 0 Å². The standard InChI is InChI=1S/C26H26N2O3.ClH/c1-18(2)27-12-11-24-23(16-27)22-9-8-20(14-25(22)31-24)28-13-10-21(15-26(28)29)30-17-19-6-4-3-5-7-19;/h3-10,13-15,18H,11-12,16-17H2,1-2H3;1H. The maximum atomic E-state index is 12.7. The highest BCUT2D eigenvalue weighted by Gasteiger charge is 2.24. The molecular formula is C26H27ClN2O3. The molecule has 0 saturated carbocycles. The fraction of sp³-hybridized carbons (Fsp3) is 0.269. The SMILES string of the molecule is CC(C)N1CCc2oc3cc(-n4ccc(OCc5ccccc5)cc4=O)ccc3c2C1.Cl. The third-order valence-electron chi connectivity index (χ3n) is 6.00. The van der Waals surface area contributed by atoms with Crippen molar-refractivity contribution in [2.24, 2.45) is 0 Å². The molecule has 5 rings (SSSR count). The van der Waals surface area contributed by atoms with E-state index in [0.29, 0.717) is 18.4 Å². The normalized spacial score (nSPS) is 13.7. The number of aromatic nitrogens is 1. The summed E-state index contributed by atoms with van der Waals surface area (Å²) in [5.41, 5.74) is 3.84. The van der Waals surface area contributed by atoms with E-state index >= 15 is 0 Å². The minimum Gasteiger partial charge on any atom is -0.489 e. The maximum Gasteiger partial charge on any atom is 0.258 e. The van der Waals surface area contributed by atoms with Gasteiger partial charge in [0, 0.05) is 54.8 Å². The van der Waals surface area contributed by atoms with Crippen LogP contribution in [0.25, 0.3) is 16.7 Å². The Morgan fingerprint density at radius 3 is 2.62 bits per heavy atom. The van der Waals surface area contributed by atoms with Crippen molar-refractivity contribution < 1.29 is 9.15 Å². The van der Waals surface area contributed by atoms with E-state index in [0.717, 1.165) is 47.5 Å². The quantitative estimate of drug-likeness (QED) is 0.411. The van der Waals surface area contributed by atoms with Gasteiger partial charge in [-0.25, -0.2) is 0 Å². The molecule has 1 aliphatic rings. The Morgan fingerprint density at radius 2 is 1.88 bits per heavy atom. The van der Waals surface area contributed by atoms with Crippen molar-refractivity contribution in [3.05, 3.63) is 94.1 Å². The number of pyridine rings is 1. The minimum absolute atomic E-state index is 0. The lowest BCUT2D eigenvalue weighted by molar-refractivity contribution is 0.196. The van der Waals surface area contributed by atoms with Crippen molar-refractivity contribution in [3.63, 3.8) is 0 Å². The van der Waals surface area contributed by atoms with Gasteiger partial charge in [0.15, 0.2) is 0 Å². The van der Waals surface area contributed by atoms with Crippen molar-refractivity contribution in [1.29, 1.82) is 0 Å². The largest absolute Gasteiger partial charge is 0.489 e. The van der Waals surface area contributed by atoms with E-state index in [9.17, 15) is 4.79 Å². The first-order valence-electron chi connectivity index (χ1n) is 10.8. The third kappa shape index (κ3) is 4.31. The van der Waals surface area contributed by atoms with Crippen LogP contribution >= 0.6 is 12.4 Å². The van der Waals surface area contributed by atoms with Gasteiger partial charge in [-0.05, 0) is 37.6 Å². The zero-order valence-electron chi connectivity index (χ0n) is 18.3. The summed E-state index contributed by atoms with van der Waals surface area (Å²) >= 11 is 0. The summed E-state index contributed by atoms with van der Waals surface area (Å²) < 4.78 is 13.6. The van der Waals surface area contributed by atoms with Gasteiger partial charge in [0.1, 0.15) is 23.7 Å². The van der Waals surface area contributed by atoms with Crippen molar-refractivity contribution in [2.75, 3.05) is 6.54 Å². The van der Waals surface area contributed by atoms with Crippen LogP contribution in [0.2, 0.25) is 0 Å². The number of rotatable bonds is 5. The molecule has 0 saturated heterocycles. The number of benzene rings is 2. The Kier molecular flexibility index (Phi) is 6.40. The summed E-state index contributed by atoms with van der Waals surface area (Å²) in [5.74, 6) is 1.63. The summed E-state index contributed by atoms with van der Waals surface area (Å²) in [4.78, 5) is 15.2. The summed E-state index contributed by atoms with van der Waals surface area (Å²) in [7, 11) is 0. The van der Waals surface area contributed by atoms with Crippen molar-refractivity contribution in [1.82, 2.24) is 9.47 Å². The molecule has 0 unspecified atom stereocenters. The van der Waals surface area contributed by atoms with Gasteiger partial charge < -0.3 is 9.15 Å². The molecule has 0 aliphatic carbocycles. The molecule has 4 aromatic rings. The molecule has 2 aromatic heterocycles. The van der Waals surface area contributed by atoms with Gasteiger partial charge in [0.2, 0.25) is 0 Å². The fourth-order valence-electron chi connectivity index (χ4n) is 4.19. The van der Waals surface area contributed by atoms with Crippen LogP contribution in [0, 0.1) is 0 Å². The molecule has 0 spiro atoms. The zero-order chi connectivity index (χ0) is 21.4. The number of halogens is 1. The van der Waals surface area contributed by atoms with Crippen LogP contribution in [0.3, 0.4) is 0 Å². The van der Waals surface area contributed by atoms with Crippen LogP contribution in [0.4, 0.5) is 0 Å². The Morgan fingerprint density at radius 1 is 1.06 bits per heavy atom. The fourth-order valence-corrected chi connectivity index (χ4v) is 4.19. The highest BCUT2D eigenvalue weighted by Crippen LogP contribution is 2.32. The molecule has 0 fully saturated rings. The van der Waals surface area contributed by atoms with E-state index in [4.69, 9.17) is 9.15 Å². The number of furan rings is 1. The van der Waals surface area contributed by atoms with Crippen LogP contribution in [0.5, 0.6) is 5.75 Å². The average molecular weight is 451 g/mol. The van der Waals surface area contributed by atoms with Crippen LogP contribution in [-0.2, 0) is 19.6 Å². The minimum atomic E-state index is -0.132. The number of hydrogen-bond acceptors (Lipinski definition) is 4. The molecule has 32 heavy (non-hydrogen) atoms. The summed E-state index contributed by atoms with van der Waals surface area (Å²) in [5, 5.41) is 1.14. The second kappa shape index (κ2) is 9.23. The monoisotopic (exact) mass is 450 g/mol. The van der Waals surface area contributed by atoms with E-state index in [1.165, 1.54) is 11.6 Å². The van der Waals surface area contributed by atoms with E-state index in [-0.39, 0.29) is 18.0 Å². The number of hydrogen-bond donors (Lipinski definition) is 0. The first-order valence-corrected chi connectivity index (χ1v) is 10.8. The van der Waals surface area contributed by atoms with Gasteiger partial charge in [-0.3, -0.25) is 14.3 Å². The predicted octanol–water partition coefficient (Wildman–Crippen LogP) is 5.35. The van der Waals surface area contributed by atoms with E-state index in [1.807, 2.05) is 48.5 Å². The second-order valence-corrected chi connectivity index (χ2v) is 8.34. The van der Waals surface area contributed by atoms with Crippen LogP contribution < -0.4 is 10.3 Å². The third-order valence-corrected chi connectivity index (χ3v) is 6.00. The Labute approximate surface area is 193 Å². The Bertz CT molecular complexity index is 1280. The zero-order valence-corrected chi connectivity index (χ0v) is 19.1. The van der Waals surface area contributed by atoms with E-state index in [2.05, 4.69) is 24.8 Å². The second-order valence-electron chi connectivity index (χ2n) is 8.34. The lowest BCUT2D eigenvalue weighted by Gasteiger charge is -2.29.